The molecule has 1 aliphatic rings. The molecule has 5 nitrogen and oxygen atoms in total. The van der Waals surface area contributed by atoms with Crippen LogP contribution in [0, 0.1) is 0 Å². The Morgan fingerprint density at radius 2 is 1.89 bits per heavy atom. The van der Waals surface area contributed by atoms with Gasteiger partial charge in [0, 0.05) is 48.5 Å². The zero-order valence-corrected chi connectivity index (χ0v) is 17.3. The first kappa shape index (κ1) is 19.9. The zero-order chi connectivity index (χ0) is 19.2. The van der Waals surface area contributed by atoms with Crippen molar-refractivity contribution in [3.8, 4) is 0 Å². The lowest BCUT2D eigenvalue weighted by atomic mass is 10.2. The standard InChI is InChI=1S/C21H30N4OS/c1-4-24-11-13-25(14-12-24)19-9-7-18(8-10-19)22-21(26)16-23(3)17(2)20-6-5-15-27-20/h5-10,15,17H,4,11-14,16H2,1-3H3,(H,22,26)/t17-/m1/s1. The van der Waals surface area contributed by atoms with Crippen LogP contribution in [0.3, 0.4) is 0 Å². The average molecular weight is 387 g/mol. The fourth-order valence-electron chi connectivity index (χ4n) is 3.39. The van der Waals surface area contributed by atoms with Crippen LogP contribution in [-0.2, 0) is 4.79 Å². The quantitative estimate of drug-likeness (QED) is 0.790. The number of amides is 1. The van der Waals surface area contributed by atoms with E-state index in [1.807, 2.05) is 25.2 Å². The molecule has 6 heteroatoms. The first-order valence-electron chi connectivity index (χ1n) is 9.67. The van der Waals surface area contributed by atoms with Gasteiger partial charge in [-0.2, -0.15) is 0 Å². The van der Waals surface area contributed by atoms with Crippen molar-refractivity contribution in [2.75, 3.05) is 56.5 Å². The molecule has 146 valence electrons. The van der Waals surface area contributed by atoms with Crippen molar-refractivity contribution in [1.82, 2.24) is 9.80 Å². The number of nitrogens with one attached hydrogen (secondary N) is 1. The van der Waals surface area contributed by atoms with Crippen LogP contribution in [-0.4, -0.2) is 62.0 Å². The van der Waals surface area contributed by atoms with Crippen LogP contribution in [0.5, 0.6) is 0 Å². The molecule has 27 heavy (non-hydrogen) atoms. The smallest absolute Gasteiger partial charge is 0.238 e. The molecule has 0 radical (unpaired) electrons. The Morgan fingerprint density at radius 3 is 2.48 bits per heavy atom. The predicted octanol–water partition coefficient (Wildman–Crippen LogP) is 3.52. The summed E-state index contributed by atoms with van der Waals surface area (Å²) >= 11 is 1.73. The Bertz CT molecular complexity index is 708. The number of thiophene rings is 1. The molecule has 2 aromatic rings. The molecule has 0 saturated carbocycles. The molecule has 3 rings (SSSR count). The van der Waals surface area contributed by atoms with Gasteiger partial charge in [-0.3, -0.25) is 9.69 Å². The lowest BCUT2D eigenvalue weighted by Crippen LogP contribution is -2.46. The summed E-state index contributed by atoms with van der Waals surface area (Å²) in [6.07, 6.45) is 0. The number of hydrogen-bond acceptors (Lipinski definition) is 5. The number of carbonyl (C=O) groups excluding carboxylic acids is 1. The minimum Gasteiger partial charge on any atom is -0.369 e. The van der Waals surface area contributed by atoms with Crippen molar-refractivity contribution >= 4 is 28.6 Å². The van der Waals surface area contributed by atoms with Gasteiger partial charge >= 0.3 is 0 Å². The monoisotopic (exact) mass is 386 g/mol. The van der Waals surface area contributed by atoms with Gasteiger partial charge in [0.25, 0.3) is 0 Å². The number of nitrogens with zero attached hydrogens (tertiary/aromatic N) is 3. The number of likely N-dealkylation sites (N-methyl/N-ethyl adjacent to an activating group) is 2. The number of piperazine rings is 1. The highest BCUT2D eigenvalue weighted by molar-refractivity contribution is 7.10. The second-order valence-corrected chi connectivity index (χ2v) is 8.10. The summed E-state index contributed by atoms with van der Waals surface area (Å²) in [5.41, 5.74) is 2.08. The fraction of sp³-hybridized carbons (Fsp3) is 0.476. The van der Waals surface area contributed by atoms with Crippen LogP contribution in [0.25, 0.3) is 0 Å². The molecule has 0 bridgehead atoms. The third-order valence-corrected chi connectivity index (χ3v) is 6.39. The van der Waals surface area contributed by atoms with Gasteiger partial charge in [-0.25, -0.2) is 0 Å². The van der Waals surface area contributed by atoms with E-state index < -0.39 is 0 Å². The molecule has 1 atom stereocenters. The molecule has 2 heterocycles. The molecule has 1 aromatic heterocycles. The van der Waals surface area contributed by atoms with Crippen molar-refractivity contribution in [2.24, 2.45) is 0 Å². The lowest BCUT2D eigenvalue weighted by molar-refractivity contribution is -0.117. The number of rotatable bonds is 7. The number of anilines is 2. The summed E-state index contributed by atoms with van der Waals surface area (Å²) in [5.74, 6) is 0.0187. The van der Waals surface area contributed by atoms with Gasteiger partial charge < -0.3 is 15.1 Å². The second kappa shape index (κ2) is 9.35. The summed E-state index contributed by atoms with van der Waals surface area (Å²) in [6, 6.07) is 12.6. The molecule has 1 N–H and O–H groups in total. The zero-order valence-electron chi connectivity index (χ0n) is 16.5. The van der Waals surface area contributed by atoms with Crippen molar-refractivity contribution in [3.63, 3.8) is 0 Å². The van der Waals surface area contributed by atoms with Gasteiger partial charge in [-0.05, 0) is 56.2 Å². The Labute approximate surface area is 166 Å². The van der Waals surface area contributed by atoms with Crippen molar-refractivity contribution < 1.29 is 4.79 Å². The van der Waals surface area contributed by atoms with E-state index in [9.17, 15) is 4.79 Å². The molecule has 1 fully saturated rings. The molecule has 1 amide bonds. The molecule has 1 aromatic carbocycles. The molecular formula is C21H30N4OS. The van der Waals surface area contributed by atoms with Gasteiger partial charge in [0.1, 0.15) is 0 Å². The summed E-state index contributed by atoms with van der Waals surface area (Å²) in [6.45, 7) is 10.2. The third-order valence-electron chi connectivity index (χ3n) is 5.34. The van der Waals surface area contributed by atoms with E-state index in [0.717, 1.165) is 38.4 Å². The normalized spacial score (nSPS) is 16.5. The Hall–Kier alpha value is -1.89. The van der Waals surface area contributed by atoms with Crippen LogP contribution >= 0.6 is 11.3 Å². The Balaban J connectivity index is 1.50. The largest absolute Gasteiger partial charge is 0.369 e. The second-order valence-electron chi connectivity index (χ2n) is 7.12. The van der Waals surface area contributed by atoms with Gasteiger partial charge in [-0.15, -0.1) is 11.3 Å². The fourth-order valence-corrected chi connectivity index (χ4v) is 4.24. The Kier molecular flexibility index (Phi) is 6.88. The average Bonchev–Trinajstić information content (AvgIpc) is 3.22. The maximum absolute atomic E-state index is 12.4. The van der Waals surface area contributed by atoms with Gasteiger partial charge in [-0.1, -0.05) is 13.0 Å². The highest BCUT2D eigenvalue weighted by Gasteiger charge is 2.17. The van der Waals surface area contributed by atoms with E-state index in [-0.39, 0.29) is 11.9 Å². The summed E-state index contributed by atoms with van der Waals surface area (Å²) in [4.78, 5) is 20.6. The molecule has 1 aliphatic heterocycles. The first-order valence-corrected chi connectivity index (χ1v) is 10.6. The van der Waals surface area contributed by atoms with E-state index in [2.05, 4.69) is 57.4 Å². The highest BCUT2D eigenvalue weighted by Crippen LogP contribution is 2.23. The van der Waals surface area contributed by atoms with Crippen molar-refractivity contribution in [1.29, 1.82) is 0 Å². The van der Waals surface area contributed by atoms with Crippen LogP contribution < -0.4 is 10.2 Å². The SMILES string of the molecule is CCN1CCN(c2ccc(NC(=O)CN(C)[C@H](C)c3cccs3)cc2)CC1. The number of carbonyl (C=O) groups is 1. The van der Waals surface area contributed by atoms with Crippen LogP contribution in [0.2, 0.25) is 0 Å². The third kappa shape index (κ3) is 5.31. The van der Waals surface area contributed by atoms with E-state index in [1.54, 1.807) is 11.3 Å². The van der Waals surface area contributed by atoms with E-state index in [1.165, 1.54) is 10.6 Å². The van der Waals surface area contributed by atoms with Crippen LogP contribution in [0.15, 0.2) is 41.8 Å². The molecule has 0 spiro atoms. The lowest BCUT2D eigenvalue weighted by Gasteiger charge is -2.35. The number of hydrogen-bond donors (Lipinski definition) is 1. The minimum absolute atomic E-state index is 0.0187. The molecule has 0 aliphatic carbocycles. The number of benzene rings is 1. The Morgan fingerprint density at radius 1 is 1.19 bits per heavy atom. The summed E-state index contributed by atoms with van der Waals surface area (Å²) < 4.78 is 0. The highest BCUT2D eigenvalue weighted by atomic mass is 32.1. The summed E-state index contributed by atoms with van der Waals surface area (Å²) in [7, 11) is 1.99. The summed E-state index contributed by atoms with van der Waals surface area (Å²) in [5, 5.41) is 5.09. The molecular weight excluding hydrogens is 356 g/mol. The van der Waals surface area contributed by atoms with E-state index in [0.29, 0.717) is 6.54 Å². The molecule has 0 unspecified atom stereocenters. The maximum atomic E-state index is 12.4. The van der Waals surface area contributed by atoms with Crippen LogP contribution in [0.4, 0.5) is 11.4 Å². The van der Waals surface area contributed by atoms with Crippen molar-refractivity contribution in [2.45, 2.75) is 19.9 Å². The predicted molar refractivity (Wildman–Crippen MR) is 115 cm³/mol. The van der Waals surface area contributed by atoms with Gasteiger partial charge in [0.15, 0.2) is 0 Å². The van der Waals surface area contributed by atoms with Gasteiger partial charge in [0.05, 0.1) is 6.54 Å². The topological polar surface area (TPSA) is 38.8 Å². The van der Waals surface area contributed by atoms with Crippen molar-refractivity contribution in [3.05, 3.63) is 46.7 Å². The maximum Gasteiger partial charge on any atom is 0.238 e. The van der Waals surface area contributed by atoms with Crippen LogP contribution in [0.1, 0.15) is 24.8 Å². The molecule has 1 saturated heterocycles. The van der Waals surface area contributed by atoms with E-state index >= 15 is 0 Å². The minimum atomic E-state index is 0.0187. The first-order chi connectivity index (χ1) is 13.1. The van der Waals surface area contributed by atoms with Gasteiger partial charge in [0.2, 0.25) is 5.91 Å². The van der Waals surface area contributed by atoms with E-state index in [4.69, 9.17) is 0 Å².